The zero-order chi connectivity index (χ0) is 21.3. The fourth-order valence-corrected chi connectivity index (χ4v) is 4.96. The maximum atomic E-state index is 10.9. The van der Waals surface area contributed by atoms with Crippen molar-refractivity contribution in [2.24, 2.45) is 5.73 Å². The van der Waals surface area contributed by atoms with E-state index in [1.165, 1.54) is 0 Å². The molecule has 0 amide bonds. The van der Waals surface area contributed by atoms with Gasteiger partial charge in [0.05, 0.1) is 17.0 Å². The standard InChI is InChI=1S/C22H32N6O2/c1-2-9-22(30,13-23)14-28-15-7-8-16(28)12-27(11-15)19-10-18(25-26-21(19)24)17-5-3-4-6-20(17)29/h3-6,10,15-16,29-30H,2,7-9,11-14,23H2,1H3,(H2,24,26)/t15?,16?,22-/m1/s1. The highest BCUT2D eigenvalue weighted by Gasteiger charge is 2.43. The molecule has 8 nitrogen and oxygen atoms in total. The molecule has 0 saturated carbocycles. The molecule has 1 aromatic carbocycles. The summed E-state index contributed by atoms with van der Waals surface area (Å²) in [6.07, 6.45) is 3.82. The Kier molecular flexibility index (Phi) is 5.81. The number of nitrogens with zero attached hydrogens (tertiary/aromatic N) is 4. The van der Waals surface area contributed by atoms with Gasteiger partial charge in [0.25, 0.3) is 0 Å². The third-order valence-corrected chi connectivity index (χ3v) is 6.53. The predicted molar refractivity (Wildman–Crippen MR) is 118 cm³/mol. The second-order valence-electron chi connectivity index (χ2n) is 8.66. The van der Waals surface area contributed by atoms with Crippen molar-refractivity contribution in [3.05, 3.63) is 30.3 Å². The van der Waals surface area contributed by atoms with Gasteiger partial charge in [-0.05, 0) is 37.5 Å². The Morgan fingerprint density at radius 3 is 2.50 bits per heavy atom. The van der Waals surface area contributed by atoms with Crippen LogP contribution in [0.3, 0.4) is 0 Å². The van der Waals surface area contributed by atoms with Crippen LogP contribution in [0.2, 0.25) is 0 Å². The van der Waals surface area contributed by atoms with E-state index in [2.05, 4.69) is 26.9 Å². The average Bonchev–Trinajstić information content (AvgIpc) is 2.96. The number of para-hydroxylation sites is 1. The molecule has 2 unspecified atom stereocenters. The molecule has 0 aliphatic carbocycles. The summed E-state index contributed by atoms with van der Waals surface area (Å²) in [5, 5.41) is 29.5. The first-order valence-corrected chi connectivity index (χ1v) is 10.8. The topological polar surface area (TPSA) is 125 Å². The first-order chi connectivity index (χ1) is 14.4. The minimum Gasteiger partial charge on any atom is -0.507 e. The van der Waals surface area contributed by atoms with E-state index in [4.69, 9.17) is 11.5 Å². The molecule has 2 fully saturated rings. The van der Waals surface area contributed by atoms with E-state index < -0.39 is 5.60 Å². The molecular weight excluding hydrogens is 380 g/mol. The van der Waals surface area contributed by atoms with Crippen LogP contribution in [-0.4, -0.2) is 69.2 Å². The van der Waals surface area contributed by atoms with Crippen LogP contribution in [0.25, 0.3) is 11.3 Å². The fourth-order valence-electron chi connectivity index (χ4n) is 4.96. The molecule has 6 N–H and O–H groups in total. The number of anilines is 2. The van der Waals surface area contributed by atoms with E-state index in [0.29, 0.717) is 42.1 Å². The molecule has 4 rings (SSSR count). The fraction of sp³-hybridized carbons (Fsp3) is 0.545. The van der Waals surface area contributed by atoms with Gasteiger partial charge in [0.15, 0.2) is 5.82 Å². The molecule has 0 radical (unpaired) electrons. The molecule has 2 aromatic rings. The van der Waals surface area contributed by atoms with E-state index in [0.717, 1.165) is 38.0 Å². The second-order valence-corrected chi connectivity index (χ2v) is 8.66. The number of hydrogen-bond acceptors (Lipinski definition) is 8. The van der Waals surface area contributed by atoms with Gasteiger partial charge in [-0.15, -0.1) is 10.2 Å². The highest BCUT2D eigenvalue weighted by molar-refractivity contribution is 5.74. The first-order valence-electron chi connectivity index (χ1n) is 10.8. The second kappa shape index (κ2) is 8.37. The Bertz CT molecular complexity index is 880. The molecule has 3 heterocycles. The van der Waals surface area contributed by atoms with Gasteiger partial charge in [0.1, 0.15) is 5.75 Å². The molecular formula is C22H32N6O2. The third-order valence-electron chi connectivity index (χ3n) is 6.53. The SMILES string of the molecule is CCC[C@@](O)(CN)CN1C2CCC1CN(c1cc(-c3ccccc3O)nnc1N)C2. The maximum Gasteiger partial charge on any atom is 0.169 e. The lowest BCUT2D eigenvalue weighted by atomic mass is 9.96. The van der Waals surface area contributed by atoms with Crippen molar-refractivity contribution in [3.63, 3.8) is 0 Å². The third kappa shape index (κ3) is 3.95. The van der Waals surface area contributed by atoms with Crippen LogP contribution in [0.4, 0.5) is 11.5 Å². The molecule has 162 valence electrons. The van der Waals surface area contributed by atoms with Crippen LogP contribution in [0.15, 0.2) is 30.3 Å². The summed E-state index contributed by atoms with van der Waals surface area (Å²) >= 11 is 0. The molecule has 2 bridgehead atoms. The summed E-state index contributed by atoms with van der Waals surface area (Å²) in [7, 11) is 0. The van der Waals surface area contributed by atoms with Crippen LogP contribution >= 0.6 is 0 Å². The first kappa shape index (κ1) is 20.8. The number of nitrogens with two attached hydrogens (primary N) is 2. The highest BCUT2D eigenvalue weighted by atomic mass is 16.3. The van der Waals surface area contributed by atoms with Gasteiger partial charge in [-0.2, -0.15) is 0 Å². The van der Waals surface area contributed by atoms with E-state index in [1.807, 2.05) is 18.2 Å². The van der Waals surface area contributed by atoms with Crippen molar-refractivity contribution in [1.82, 2.24) is 15.1 Å². The number of hydrogen-bond donors (Lipinski definition) is 4. The Morgan fingerprint density at radius 1 is 1.17 bits per heavy atom. The van der Waals surface area contributed by atoms with Crippen molar-refractivity contribution in [2.75, 3.05) is 36.8 Å². The predicted octanol–water partition coefficient (Wildman–Crippen LogP) is 1.57. The minimum atomic E-state index is -0.826. The van der Waals surface area contributed by atoms with Crippen LogP contribution in [0.5, 0.6) is 5.75 Å². The van der Waals surface area contributed by atoms with Crippen molar-refractivity contribution in [1.29, 1.82) is 0 Å². The highest BCUT2D eigenvalue weighted by Crippen LogP contribution is 2.37. The molecule has 2 aliphatic rings. The van der Waals surface area contributed by atoms with Crippen LogP contribution in [0, 0.1) is 0 Å². The number of aromatic nitrogens is 2. The van der Waals surface area contributed by atoms with Crippen molar-refractivity contribution in [2.45, 2.75) is 50.3 Å². The number of benzene rings is 1. The van der Waals surface area contributed by atoms with E-state index in [-0.39, 0.29) is 12.3 Å². The number of fused-ring (bicyclic) bond motifs is 2. The van der Waals surface area contributed by atoms with E-state index in [9.17, 15) is 10.2 Å². The number of rotatable bonds is 7. The molecule has 8 heteroatoms. The quantitative estimate of drug-likeness (QED) is 0.540. The number of aromatic hydroxyl groups is 1. The summed E-state index contributed by atoms with van der Waals surface area (Å²) in [5.41, 5.74) is 13.4. The van der Waals surface area contributed by atoms with E-state index >= 15 is 0 Å². The van der Waals surface area contributed by atoms with Gasteiger partial charge < -0.3 is 26.6 Å². The number of phenolic OH excluding ortho intramolecular Hbond substituents is 1. The number of nitrogen functional groups attached to an aromatic ring is 1. The zero-order valence-corrected chi connectivity index (χ0v) is 17.5. The zero-order valence-electron chi connectivity index (χ0n) is 17.5. The van der Waals surface area contributed by atoms with Gasteiger partial charge in [-0.1, -0.05) is 25.5 Å². The molecule has 30 heavy (non-hydrogen) atoms. The van der Waals surface area contributed by atoms with Gasteiger partial charge in [-0.3, -0.25) is 4.90 Å². The minimum absolute atomic E-state index is 0.171. The number of phenols is 1. The molecule has 3 atom stereocenters. The lowest BCUT2D eigenvalue weighted by Gasteiger charge is -2.45. The Hall–Kier alpha value is -2.42. The smallest absolute Gasteiger partial charge is 0.169 e. The normalized spacial score (nSPS) is 23.5. The van der Waals surface area contributed by atoms with Crippen molar-refractivity contribution >= 4 is 11.5 Å². The van der Waals surface area contributed by atoms with Crippen LogP contribution in [-0.2, 0) is 0 Å². The lowest BCUT2D eigenvalue weighted by molar-refractivity contribution is -0.0143. The summed E-state index contributed by atoms with van der Waals surface area (Å²) in [6, 6.07) is 9.71. The molecule has 2 aliphatic heterocycles. The van der Waals surface area contributed by atoms with Gasteiger partial charge >= 0.3 is 0 Å². The van der Waals surface area contributed by atoms with Gasteiger partial charge in [-0.25, -0.2) is 0 Å². The van der Waals surface area contributed by atoms with Crippen molar-refractivity contribution < 1.29 is 10.2 Å². The largest absolute Gasteiger partial charge is 0.507 e. The van der Waals surface area contributed by atoms with Gasteiger partial charge in [0.2, 0.25) is 0 Å². The van der Waals surface area contributed by atoms with Crippen molar-refractivity contribution in [3.8, 4) is 17.0 Å². The summed E-state index contributed by atoms with van der Waals surface area (Å²) in [6.45, 7) is 4.62. The summed E-state index contributed by atoms with van der Waals surface area (Å²) < 4.78 is 0. The van der Waals surface area contributed by atoms with Gasteiger partial charge in [0, 0.05) is 43.8 Å². The van der Waals surface area contributed by atoms with Crippen LogP contribution in [0.1, 0.15) is 32.6 Å². The monoisotopic (exact) mass is 412 g/mol. The molecule has 2 saturated heterocycles. The molecule has 0 spiro atoms. The van der Waals surface area contributed by atoms with Crippen LogP contribution < -0.4 is 16.4 Å². The average molecular weight is 413 g/mol. The summed E-state index contributed by atoms with van der Waals surface area (Å²) in [5.74, 6) is 0.566. The Labute approximate surface area is 177 Å². The Morgan fingerprint density at radius 2 is 1.87 bits per heavy atom. The lowest BCUT2D eigenvalue weighted by Crippen LogP contribution is -2.59. The number of piperazine rings is 1. The van der Waals surface area contributed by atoms with E-state index in [1.54, 1.807) is 12.1 Å². The molecule has 1 aromatic heterocycles. The maximum absolute atomic E-state index is 10.9. The number of aliphatic hydroxyl groups is 1. The Balaban J connectivity index is 1.55. The summed E-state index contributed by atoms with van der Waals surface area (Å²) in [4.78, 5) is 4.71.